The van der Waals surface area contributed by atoms with Crippen LogP contribution in [0.15, 0.2) is 29.6 Å². The molecule has 0 bridgehead atoms. The van der Waals surface area contributed by atoms with Gasteiger partial charge in [-0.05, 0) is 24.4 Å². The molecule has 4 nitrogen and oxygen atoms in total. The summed E-state index contributed by atoms with van der Waals surface area (Å²) >= 11 is 1.25. The molecule has 0 saturated heterocycles. The number of carbonyl (C=O) groups excluding carboxylic acids is 1. The fourth-order valence-corrected chi connectivity index (χ4v) is 2.98. The van der Waals surface area contributed by atoms with Crippen LogP contribution in [0.25, 0.3) is 0 Å². The van der Waals surface area contributed by atoms with E-state index in [9.17, 15) is 18.7 Å². The van der Waals surface area contributed by atoms with Crippen LogP contribution in [-0.4, -0.2) is 24.7 Å². The number of aliphatic hydroxyl groups is 1. The van der Waals surface area contributed by atoms with E-state index >= 15 is 0 Å². The van der Waals surface area contributed by atoms with Gasteiger partial charge in [0.1, 0.15) is 17.2 Å². The molecular formula is C16H17F2NO3S. The molecule has 2 rings (SSSR count). The number of benzene rings is 1. The summed E-state index contributed by atoms with van der Waals surface area (Å²) in [5.41, 5.74) is -1.00. The first kappa shape index (κ1) is 17.5. The molecule has 0 aliphatic rings. The Kier molecular flexibility index (Phi) is 5.46. The van der Waals surface area contributed by atoms with Crippen LogP contribution in [0.2, 0.25) is 0 Å². The maximum atomic E-state index is 13.8. The first-order chi connectivity index (χ1) is 10.8. The third-order valence-electron chi connectivity index (χ3n) is 3.36. The molecule has 23 heavy (non-hydrogen) atoms. The van der Waals surface area contributed by atoms with Crippen molar-refractivity contribution in [3.8, 4) is 0 Å². The largest absolute Gasteiger partial charge is 0.383 e. The summed E-state index contributed by atoms with van der Waals surface area (Å²) in [5.74, 6) is -1.97. The van der Waals surface area contributed by atoms with Crippen molar-refractivity contribution in [3.63, 3.8) is 0 Å². The summed E-state index contributed by atoms with van der Waals surface area (Å²) in [6, 6.07) is 4.70. The van der Waals surface area contributed by atoms with Crippen LogP contribution in [0.1, 0.15) is 27.7 Å². The van der Waals surface area contributed by atoms with E-state index < -0.39 is 17.2 Å². The summed E-state index contributed by atoms with van der Waals surface area (Å²) in [6.45, 7) is 1.45. The summed E-state index contributed by atoms with van der Waals surface area (Å²) in [5, 5.41) is 14.7. The number of hydrogen-bond acceptors (Lipinski definition) is 4. The molecule has 0 saturated carbocycles. The highest BCUT2D eigenvalue weighted by Gasteiger charge is 2.28. The predicted octanol–water partition coefficient (Wildman–Crippen LogP) is 2.81. The molecule has 2 N–H and O–H groups in total. The second kappa shape index (κ2) is 7.16. The molecule has 1 unspecified atom stereocenters. The van der Waals surface area contributed by atoms with Crippen LogP contribution >= 0.6 is 11.3 Å². The van der Waals surface area contributed by atoms with E-state index in [0.717, 1.165) is 17.7 Å². The molecule has 1 heterocycles. The zero-order valence-electron chi connectivity index (χ0n) is 12.7. The number of hydrogen-bond donors (Lipinski definition) is 2. The SMILES string of the molecule is COCc1ccsc1C(=O)NCC(C)(O)c1ccc(F)cc1F. The van der Waals surface area contributed by atoms with Gasteiger partial charge in [-0.2, -0.15) is 0 Å². The van der Waals surface area contributed by atoms with Gasteiger partial charge in [0.15, 0.2) is 0 Å². The maximum absolute atomic E-state index is 13.8. The lowest BCUT2D eigenvalue weighted by Crippen LogP contribution is -2.39. The molecule has 2 aromatic rings. The number of nitrogens with one attached hydrogen (secondary N) is 1. The lowest BCUT2D eigenvalue weighted by atomic mass is 9.95. The van der Waals surface area contributed by atoms with Gasteiger partial charge in [0.25, 0.3) is 5.91 Å². The molecule has 0 spiro atoms. The Bertz CT molecular complexity index is 700. The molecule has 124 valence electrons. The highest BCUT2D eigenvalue weighted by Crippen LogP contribution is 2.24. The van der Waals surface area contributed by atoms with Crippen molar-refractivity contribution in [1.82, 2.24) is 5.32 Å². The number of ether oxygens (including phenoxy) is 1. The van der Waals surface area contributed by atoms with Crippen LogP contribution < -0.4 is 5.32 Å². The van der Waals surface area contributed by atoms with Crippen LogP contribution in [-0.2, 0) is 16.9 Å². The Morgan fingerprint density at radius 2 is 2.13 bits per heavy atom. The van der Waals surface area contributed by atoms with Crippen molar-refractivity contribution < 1.29 is 23.4 Å². The van der Waals surface area contributed by atoms with E-state index in [1.165, 1.54) is 25.4 Å². The van der Waals surface area contributed by atoms with Crippen molar-refractivity contribution in [2.24, 2.45) is 0 Å². The third-order valence-corrected chi connectivity index (χ3v) is 4.31. The van der Waals surface area contributed by atoms with E-state index in [-0.39, 0.29) is 18.0 Å². The lowest BCUT2D eigenvalue weighted by molar-refractivity contribution is 0.0494. The van der Waals surface area contributed by atoms with E-state index in [0.29, 0.717) is 17.6 Å². The Labute approximate surface area is 136 Å². The van der Waals surface area contributed by atoms with Gasteiger partial charge < -0.3 is 15.2 Å². The quantitative estimate of drug-likeness (QED) is 0.849. The van der Waals surface area contributed by atoms with Crippen molar-refractivity contribution >= 4 is 17.2 Å². The Hall–Kier alpha value is -1.83. The minimum Gasteiger partial charge on any atom is -0.383 e. The highest BCUT2D eigenvalue weighted by molar-refractivity contribution is 7.12. The van der Waals surface area contributed by atoms with Gasteiger partial charge in [-0.1, -0.05) is 6.07 Å². The molecule has 0 aliphatic carbocycles. The van der Waals surface area contributed by atoms with Crippen molar-refractivity contribution in [1.29, 1.82) is 0 Å². The van der Waals surface area contributed by atoms with Crippen molar-refractivity contribution in [3.05, 3.63) is 57.3 Å². The minimum atomic E-state index is -1.66. The molecular weight excluding hydrogens is 324 g/mol. The van der Waals surface area contributed by atoms with Gasteiger partial charge in [0, 0.05) is 24.3 Å². The predicted molar refractivity (Wildman–Crippen MR) is 83.3 cm³/mol. The molecule has 1 aromatic carbocycles. The number of thiophene rings is 1. The average Bonchev–Trinajstić information content (AvgIpc) is 2.93. The molecule has 0 aliphatic heterocycles. The summed E-state index contributed by atoms with van der Waals surface area (Å²) < 4.78 is 31.7. The zero-order chi connectivity index (χ0) is 17.0. The topological polar surface area (TPSA) is 58.6 Å². The fourth-order valence-electron chi connectivity index (χ4n) is 2.16. The Morgan fingerprint density at radius 1 is 1.39 bits per heavy atom. The standard InChI is InChI=1S/C16H17F2NO3S/c1-16(21,12-4-3-11(17)7-13(12)18)9-19-15(20)14-10(8-22-2)5-6-23-14/h3-7,21H,8-9H2,1-2H3,(H,19,20). The van der Waals surface area contributed by atoms with E-state index in [4.69, 9.17) is 4.74 Å². The molecule has 1 atom stereocenters. The highest BCUT2D eigenvalue weighted by atomic mass is 32.1. The minimum absolute atomic E-state index is 0.0810. The van der Waals surface area contributed by atoms with E-state index in [1.54, 1.807) is 11.4 Å². The Morgan fingerprint density at radius 3 is 2.78 bits per heavy atom. The molecule has 1 amide bonds. The summed E-state index contributed by atoms with van der Waals surface area (Å²) in [6.07, 6.45) is 0. The number of rotatable bonds is 6. The van der Waals surface area contributed by atoms with E-state index in [1.807, 2.05) is 0 Å². The fraction of sp³-hybridized carbons (Fsp3) is 0.312. The first-order valence-corrected chi connectivity index (χ1v) is 7.74. The number of carbonyl (C=O) groups is 1. The van der Waals surface area contributed by atoms with E-state index in [2.05, 4.69) is 5.32 Å². The summed E-state index contributed by atoms with van der Waals surface area (Å²) in [7, 11) is 1.53. The van der Waals surface area contributed by atoms with Gasteiger partial charge in [0.05, 0.1) is 18.0 Å². The van der Waals surface area contributed by atoms with Crippen molar-refractivity contribution in [2.45, 2.75) is 19.1 Å². The van der Waals surface area contributed by atoms with Gasteiger partial charge in [0.2, 0.25) is 0 Å². The molecule has 0 fully saturated rings. The van der Waals surface area contributed by atoms with Crippen LogP contribution in [0, 0.1) is 11.6 Å². The molecule has 1 aromatic heterocycles. The number of amides is 1. The average molecular weight is 341 g/mol. The molecule has 7 heteroatoms. The van der Waals surface area contributed by atoms with Gasteiger partial charge in [-0.15, -0.1) is 11.3 Å². The van der Waals surface area contributed by atoms with Crippen LogP contribution in [0.4, 0.5) is 8.78 Å². The van der Waals surface area contributed by atoms with Gasteiger partial charge in [-0.3, -0.25) is 4.79 Å². The zero-order valence-corrected chi connectivity index (χ0v) is 13.5. The monoisotopic (exact) mass is 341 g/mol. The van der Waals surface area contributed by atoms with Gasteiger partial charge in [-0.25, -0.2) is 8.78 Å². The smallest absolute Gasteiger partial charge is 0.261 e. The van der Waals surface area contributed by atoms with Gasteiger partial charge >= 0.3 is 0 Å². The second-order valence-electron chi connectivity index (χ2n) is 5.29. The lowest BCUT2D eigenvalue weighted by Gasteiger charge is -2.24. The van der Waals surface area contributed by atoms with Crippen LogP contribution in [0.5, 0.6) is 0 Å². The second-order valence-corrected chi connectivity index (χ2v) is 6.20. The number of halogens is 2. The number of methoxy groups -OCH3 is 1. The summed E-state index contributed by atoms with van der Waals surface area (Å²) in [4.78, 5) is 12.7. The normalized spacial score (nSPS) is 13.6. The molecule has 0 radical (unpaired) electrons. The third kappa shape index (κ3) is 4.13. The van der Waals surface area contributed by atoms with Crippen LogP contribution in [0.3, 0.4) is 0 Å². The Balaban J connectivity index is 2.09. The first-order valence-electron chi connectivity index (χ1n) is 6.86. The van der Waals surface area contributed by atoms with Crippen molar-refractivity contribution in [2.75, 3.05) is 13.7 Å². The maximum Gasteiger partial charge on any atom is 0.261 e.